The summed E-state index contributed by atoms with van der Waals surface area (Å²) < 4.78 is 13.2. The van der Waals surface area contributed by atoms with Crippen LogP contribution >= 0.6 is 0 Å². The Kier molecular flexibility index (Phi) is 8.33. The lowest BCUT2D eigenvalue weighted by Gasteiger charge is -2.28. The van der Waals surface area contributed by atoms with Gasteiger partial charge in [-0.3, -0.25) is 23.5 Å². The standard InChI is InChI=1S/C33H33N3O7/c1-22(9-4-5-18-37)33(41)26-20-25(35-17-8-13-29(43-3)31(35)39)14-15-27(26)36(32(33)40)21-23-10-6-11-24(19-23)34-16-7-12-28(42-2)30(34)38/h4,6-17,19-20,22,37,41H,5,18,21H2,1-3H3/b9-4+/t22-,33+/m1/s1. The number of carbonyl (C=O) groups is 1. The number of fused-ring (bicyclic) bond motifs is 1. The molecule has 4 aromatic rings. The fourth-order valence-electron chi connectivity index (χ4n) is 5.41. The Morgan fingerprint density at radius 2 is 1.49 bits per heavy atom. The summed E-state index contributed by atoms with van der Waals surface area (Å²) in [5.41, 5.74) is -0.00513. The highest BCUT2D eigenvalue weighted by Gasteiger charge is 2.52. The summed E-state index contributed by atoms with van der Waals surface area (Å²) in [6.07, 6.45) is 7.05. The molecule has 0 spiro atoms. The molecule has 43 heavy (non-hydrogen) atoms. The van der Waals surface area contributed by atoms with Crippen molar-refractivity contribution in [3.63, 3.8) is 0 Å². The van der Waals surface area contributed by atoms with E-state index in [0.29, 0.717) is 29.0 Å². The van der Waals surface area contributed by atoms with Crippen molar-refractivity contribution >= 4 is 11.6 Å². The molecule has 2 atom stereocenters. The van der Waals surface area contributed by atoms with E-state index in [-0.39, 0.29) is 35.8 Å². The predicted molar refractivity (Wildman–Crippen MR) is 162 cm³/mol. The first-order chi connectivity index (χ1) is 20.7. The maximum Gasteiger partial charge on any atom is 0.297 e. The Bertz CT molecular complexity index is 1810. The van der Waals surface area contributed by atoms with E-state index in [0.717, 1.165) is 5.56 Å². The molecule has 2 aromatic carbocycles. The second kappa shape index (κ2) is 12.1. The molecule has 1 amide bonds. The lowest BCUT2D eigenvalue weighted by molar-refractivity contribution is -0.139. The molecule has 0 unspecified atom stereocenters. The van der Waals surface area contributed by atoms with E-state index in [1.807, 2.05) is 6.07 Å². The van der Waals surface area contributed by atoms with E-state index in [1.54, 1.807) is 92.1 Å². The highest BCUT2D eigenvalue weighted by atomic mass is 16.5. The van der Waals surface area contributed by atoms with Crippen LogP contribution in [0.1, 0.15) is 24.5 Å². The van der Waals surface area contributed by atoms with Crippen molar-refractivity contribution in [2.45, 2.75) is 25.5 Å². The van der Waals surface area contributed by atoms with Crippen LogP contribution in [-0.2, 0) is 16.9 Å². The fourth-order valence-corrected chi connectivity index (χ4v) is 5.41. The third-order valence-electron chi connectivity index (χ3n) is 7.70. The van der Waals surface area contributed by atoms with Crippen LogP contribution in [-0.4, -0.2) is 46.1 Å². The quantitative estimate of drug-likeness (QED) is 0.275. The zero-order chi connectivity index (χ0) is 30.7. The number of rotatable bonds is 10. The SMILES string of the molecule is COc1cccn(-c2cccc(CN3C(=O)[C@](O)([C@H](C)/C=C/CCO)c4cc(-n5cccc(OC)c5=O)ccc43)c2)c1=O. The molecule has 0 radical (unpaired) electrons. The second-order valence-electron chi connectivity index (χ2n) is 10.3. The van der Waals surface area contributed by atoms with Gasteiger partial charge in [-0.2, -0.15) is 0 Å². The Morgan fingerprint density at radius 1 is 0.860 bits per heavy atom. The van der Waals surface area contributed by atoms with Gasteiger partial charge < -0.3 is 24.6 Å². The lowest BCUT2D eigenvalue weighted by Crippen LogP contribution is -2.44. The molecular formula is C33H33N3O7. The average Bonchev–Trinajstić information content (AvgIpc) is 3.23. The van der Waals surface area contributed by atoms with E-state index in [1.165, 1.54) is 28.3 Å². The largest absolute Gasteiger partial charge is 0.491 e. The fraction of sp³-hybridized carbons (Fsp3) is 0.242. The van der Waals surface area contributed by atoms with Crippen LogP contribution < -0.4 is 25.5 Å². The van der Waals surface area contributed by atoms with Gasteiger partial charge in [-0.25, -0.2) is 0 Å². The highest BCUT2D eigenvalue weighted by molar-refractivity contribution is 6.07. The van der Waals surface area contributed by atoms with Crippen molar-refractivity contribution < 1.29 is 24.5 Å². The van der Waals surface area contributed by atoms with Gasteiger partial charge in [-0.15, -0.1) is 0 Å². The number of amides is 1. The Hall–Kier alpha value is -4.93. The van der Waals surface area contributed by atoms with Gasteiger partial charge in [0.05, 0.1) is 26.5 Å². The number of nitrogens with zero attached hydrogens (tertiary/aromatic N) is 3. The number of pyridine rings is 2. The minimum absolute atomic E-state index is 0.0616. The third-order valence-corrected chi connectivity index (χ3v) is 7.70. The summed E-state index contributed by atoms with van der Waals surface area (Å²) in [4.78, 5) is 41.4. The van der Waals surface area contributed by atoms with E-state index in [2.05, 4.69) is 0 Å². The van der Waals surface area contributed by atoms with Gasteiger partial charge in [0.2, 0.25) is 0 Å². The summed E-state index contributed by atoms with van der Waals surface area (Å²) >= 11 is 0. The maximum atomic E-state index is 14.1. The monoisotopic (exact) mass is 583 g/mol. The van der Waals surface area contributed by atoms with Crippen molar-refractivity contribution in [2.75, 3.05) is 25.7 Å². The maximum absolute atomic E-state index is 14.1. The number of carbonyl (C=O) groups excluding carboxylic acids is 1. The molecule has 10 nitrogen and oxygen atoms in total. The van der Waals surface area contributed by atoms with Gasteiger partial charge in [0.25, 0.3) is 17.0 Å². The molecule has 1 aliphatic rings. The third kappa shape index (κ3) is 5.26. The van der Waals surface area contributed by atoms with E-state index >= 15 is 0 Å². The summed E-state index contributed by atoms with van der Waals surface area (Å²) in [5, 5.41) is 21.4. The highest BCUT2D eigenvalue weighted by Crippen LogP contribution is 2.46. The molecule has 2 N–H and O–H groups in total. The zero-order valence-corrected chi connectivity index (χ0v) is 24.1. The van der Waals surface area contributed by atoms with Gasteiger partial charge in [0.15, 0.2) is 17.1 Å². The molecular weight excluding hydrogens is 550 g/mol. The molecule has 10 heteroatoms. The molecule has 0 fully saturated rings. The minimum Gasteiger partial charge on any atom is -0.491 e. The molecule has 3 heterocycles. The van der Waals surface area contributed by atoms with Gasteiger partial charge in [-0.05, 0) is 66.6 Å². The van der Waals surface area contributed by atoms with Crippen molar-refractivity contribution in [2.24, 2.45) is 5.92 Å². The molecule has 0 aliphatic carbocycles. The number of ether oxygens (including phenoxy) is 2. The second-order valence-corrected chi connectivity index (χ2v) is 10.3. The van der Waals surface area contributed by atoms with Gasteiger partial charge >= 0.3 is 0 Å². The summed E-state index contributed by atoms with van der Waals surface area (Å²) in [6, 6.07) is 18.8. The summed E-state index contributed by atoms with van der Waals surface area (Å²) in [5.74, 6) is -0.820. The first kappa shape index (κ1) is 29.6. The normalized spacial score (nSPS) is 16.9. The van der Waals surface area contributed by atoms with Gasteiger partial charge in [0, 0.05) is 41.9 Å². The van der Waals surface area contributed by atoms with Crippen molar-refractivity contribution in [1.29, 1.82) is 0 Å². The zero-order valence-electron chi connectivity index (χ0n) is 24.1. The Labute approximate surface area is 248 Å². The number of hydrogen-bond donors (Lipinski definition) is 2. The lowest BCUT2D eigenvalue weighted by atomic mass is 9.82. The average molecular weight is 584 g/mol. The number of hydrogen-bond acceptors (Lipinski definition) is 7. The van der Waals surface area contributed by atoms with Gasteiger partial charge in [0.1, 0.15) is 0 Å². The molecule has 5 rings (SSSR count). The summed E-state index contributed by atoms with van der Waals surface area (Å²) in [6.45, 7) is 1.79. The van der Waals surface area contributed by atoms with Crippen LogP contribution in [0.15, 0.2) is 101 Å². The molecule has 0 saturated heterocycles. The van der Waals surface area contributed by atoms with Crippen LogP contribution in [0.3, 0.4) is 0 Å². The number of aliphatic hydroxyl groups excluding tert-OH is 1. The number of methoxy groups -OCH3 is 2. The number of aromatic nitrogens is 2. The van der Waals surface area contributed by atoms with Crippen LogP contribution in [0.4, 0.5) is 5.69 Å². The molecule has 1 aliphatic heterocycles. The van der Waals surface area contributed by atoms with Crippen molar-refractivity contribution in [3.8, 4) is 22.9 Å². The number of aliphatic hydroxyl groups is 2. The Balaban J connectivity index is 1.59. The molecule has 222 valence electrons. The van der Waals surface area contributed by atoms with Crippen molar-refractivity contribution in [1.82, 2.24) is 9.13 Å². The van der Waals surface area contributed by atoms with E-state index < -0.39 is 17.4 Å². The van der Waals surface area contributed by atoms with Crippen LogP contribution in [0, 0.1) is 5.92 Å². The van der Waals surface area contributed by atoms with Crippen LogP contribution in [0.25, 0.3) is 11.4 Å². The molecule has 0 bridgehead atoms. The first-order valence-corrected chi connectivity index (χ1v) is 13.8. The smallest absolute Gasteiger partial charge is 0.297 e. The van der Waals surface area contributed by atoms with Crippen LogP contribution in [0.5, 0.6) is 11.5 Å². The van der Waals surface area contributed by atoms with E-state index in [4.69, 9.17) is 9.47 Å². The molecule has 0 saturated carbocycles. The Morgan fingerprint density at radius 3 is 2.09 bits per heavy atom. The minimum atomic E-state index is -1.94. The molecule has 2 aromatic heterocycles. The van der Waals surface area contributed by atoms with Crippen LogP contribution in [0.2, 0.25) is 0 Å². The van der Waals surface area contributed by atoms with E-state index in [9.17, 15) is 24.6 Å². The number of benzene rings is 2. The van der Waals surface area contributed by atoms with Gasteiger partial charge in [-0.1, -0.05) is 31.2 Å². The number of anilines is 1. The van der Waals surface area contributed by atoms with Crippen molar-refractivity contribution in [3.05, 3.63) is 123 Å². The topological polar surface area (TPSA) is 123 Å². The first-order valence-electron chi connectivity index (χ1n) is 13.8. The summed E-state index contributed by atoms with van der Waals surface area (Å²) in [7, 11) is 2.85. The predicted octanol–water partition coefficient (Wildman–Crippen LogP) is 3.31.